The third-order valence-corrected chi connectivity index (χ3v) is 5.72. The molecule has 1 unspecified atom stereocenters. The smallest absolute Gasteiger partial charge is 0.416 e. The van der Waals surface area contributed by atoms with Crippen LogP contribution in [0.4, 0.5) is 23.7 Å². The van der Waals surface area contributed by atoms with Crippen LogP contribution in [-0.2, 0) is 22.1 Å². The maximum Gasteiger partial charge on any atom is 0.416 e. The summed E-state index contributed by atoms with van der Waals surface area (Å²) in [5.74, 6) is -1.40. The number of nitrogens with zero attached hydrogens (tertiary/aromatic N) is 3. The van der Waals surface area contributed by atoms with Crippen LogP contribution in [0, 0.1) is 16.7 Å². The number of nitrogens with two attached hydrogens (primary N) is 1. The van der Waals surface area contributed by atoms with Gasteiger partial charge in [-0.25, -0.2) is 9.59 Å². The third kappa shape index (κ3) is 4.55. The van der Waals surface area contributed by atoms with Crippen LogP contribution < -0.4 is 10.6 Å². The molecule has 0 saturated heterocycles. The van der Waals surface area contributed by atoms with Crippen LogP contribution in [0.1, 0.15) is 42.1 Å². The number of carbonyl (C=O) groups is 2. The summed E-state index contributed by atoms with van der Waals surface area (Å²) < 4.78 is 45.0. The number of benzene rings is 2. The van der Waals surface area contributed by atoms with E-state index in [0.29, 0.717) is 23.1 Å². The third-order valence-electron chi connectivity index (χ3n) is 5.72. The molecule has 0 aliphatic carbocycles. The van der Waals surface area contributed by atoms with Gasteiger partial charge in [0.25, 0.3) is 0 Å². The lowest BCUT2D eigenvalue weighted by atomic mass is 9.88. The van der Waals surface area contributed by atoms with Crippen molar-refractivity contribution in [2.24, 2.45) is 5.73 Å². The van der Waals surface area contributed by atoms with Crippen LogP contribution in [0.3, 0.4) is 0 Å². The maximum absolute atomic E-state index is 13.4. The predicted molar refractivity (Wildman–Crippen MR) is 121 cm³/mol. The number of nitrogens with one attached hydrogen (secondary N) is 1. The zero-order valence-electron chi connectivity index (χ0n) is 19.1. The van der Waals surface area contributed by atoms with Gasteiger partial charge in [0, 0.05) is 11.4 Å². The first kappa shape index (κ1) is 25.3. The molecule has 3 N–H and O–H groups in total. The Morgan fingerprint density at radius 3 is 2.46 bits per heavy atom. The Labute approximate surface area is 199 Å². The van der Waals surface area contributed by atoms with Gasteiger partial charge in [-0.2, -0.15) is 18.4 Å². The molecule has 0 bridgehead atoms. The number of nitriles is 1. The summed E-state index contributed by atoms with van der Waals surface area (Å²) >= 11 is 0. The van der Waals surface area contributed by atoms with Crippen LogP contribution in [0.15, 0.2) is 53.7 Å². The largest absolute Gasteiger partial charge is 0.466 e. The number of ether oxygens (including phenoxy) is 1. The quantitative estimate of drug-likeness (QED) is 0.619. The number of guanidine groups is 1. The molecule has 2 aromatic carbocycles. The molecule has 1 heterocycles. The van der Waals surface area contributed by atoms with E-state index in [1.54, 1.807) is 12.1 Å². The van der Waals surface area contributed by atoms with Crippen molar-refractivity contribution < 1.29 is 27.5 Å². The summed E-state index contributed by atoms with van der Waals surface area (Å²) in [6.07, 6.45) is -4.23. The molecule has 2 amide bonds. The lowest BCUT2D eigenvalue weighted by Gasteiger charge is -2.43. The molecular weight excluding hydrogens is 463 g/mol. The highest BCUT2D eigenvalue weighted by Crippen LogP contribution is 2.42. The highest BCUT2D eigenvalue weighted by atomic mass is 19.4. The number of hydrogen-bond acceptors (Lipinski definition) is 5. The van der Waals surface area contributed by atoms with Gasteiger partial charge in [0.1, 0.15) is 6.04 Å². The second kappa shape index (κ2) is 9.50. The Morgan fingerprint density at radius 1 is 1.23 bits per heavy atom. The molecule has 1 atom stereocenters. The summed E-state index contributed by atoms with van der Waals surface area (Å²) in [5.41, 5.74) is 5.98. The molecular formula is C24H22F3N5O3. The number of alkyl halides is 3. The Morgan fingerprint density at radius 2 is 1.91 bits per heavy atom. The number of methoxy groups -OCH3 is 1. The van der Waals surface area contributed by atoms with Crippen molar-refractivity contribution in [2.45, 2.75) is 32.5 Å². The predicted octanol–water partition coefficient (Wildman–Crippen LogP) is 4.46. The molecule has 0 saturated carbocycles. The fraction of sp³-hybridized carbons (Fsp3) is 0.250. The van der Waals surface area contributed by atoms with Crippen molar-refractivity contribution in [3.05, 3.63) is 76.0 Å². The fourth-order valence-corrected chi connectivity index (χ4v) is 4.12. The van der Waals surface area contributed by atoms with Crippen molar-refractivity contribution in [3.8, 4) is 6.07 Å². The molecule has 0 radical (unpaired) electrons. The SMILES string of the molecule is CCc1cc(C#N)ccc1C1C(C(=O)OC)=C(C)N(c2cccc(C(F)(F)F)c2)C(=N)N1C(N)=O. The number of aryl methyl sites for hydroxylation is 1. The van der Waals surface area contributed by atoms with Crippen LogP contribution in [0.2, 0.25) is 0 Å². The van der Waals surface area contributed by atoms with E-state index in [2.05, 4.69) is 0 Å². The van der Waals surface area contributed by atoms with E-state index in [0.717, 1.165) is 35.1 Å². The van der Waals surface area contributed by atoms with Crippen molar-refractivity contribution in [1.82, 2.24) is 4.90 Å². The minimum atomic E-state index is -4.65. The molecule has 0 spiro atoms. The van der Waals surface area contributed by atoms with Gasteiger partial charge in [0.05, 0.1) is 29.9 Å². The zero-order chi connectivity index (χ0) is 26.1. The van der Waals surface area contributed by atoms with E-state index in [4.69, 9.17) is 15.9 Å². The molecule has 0 fully saturated rings. The summed E-state index contributed by atoms with van der Waals surface area (Å²) in [6, 6.07) is 8.55. The van der Waals surface area contributed by atoms with Crippen LogP contribution >= 0.6 is 0 Å². The number of esters is 1. The first-order chi connectivity index (χ1) is 16.5. The van der Waals surface area contributed by atoms with Gasteiger partial charge in [-0.15, -0.1) is 0 Å². The number of carbonyl (C=O) groups excluding carboxylic acids is 2. The van der Waals surface area contributed by atoms with E-state index in [-0.39, 0.29) is 17.0 Å². The number of urea groups is 1. The monoisotopic (exact) mass is 485 g/mol. The van der Waals surface area contributed by atoms with E-state index in [1.807, 2.05) is 13.0 Å². The lowest BCUT2D eigenvalue weighted by molar-refractivity contribution is -0.138. The lowest BCUT2D eigenvalue weighted by Crippen LogP contribution is -2.55. The Balaban J connectivity index is 2.34. The standard InChI is InChI=1S/C24H22F3N5O3/c1-4-15-10-14(12-28)8-9-18(15)20-19(21(33)35-3)13(2)31(22(29)32(20)23(30)34)17-7-5-6-16(11-17)24(25,26)27/h5-11,20,29H,4H2,1-3H3,(H2,30,34). The molecule has 1 aliphatic rings. The van der Waals surface area contributed by atoms with Gasteiger partial charge < -0.3 is 10.5 Å². The second-order valence-electron chi connectivity index (χ2n) is 7.69. The first-order valence-corrected chi connectivity index (χ1v) is 10.4. The highest BCUT2D eigenvalue weighted by molar-refractivity contribution is 6.10. The van der Waals surface area contributed by atoms with E-state index < -0.39 is 35.7 Å². The number of rotatable bonds is 4. The Kier molecular flexibility index (Phi) is 6.87. The number of halogens is 3. The zero-order valence-corrected chi connectivity index (χ0v) is 19.1. The van der Waals surface area contributed by atoms with E-state index >= 15 is 0 Å². The van der Waals surface area contributed by atoms with Crippen molar-refractivity contribution in [3.63, 3.8) is 0 Å². The molecule has 3 rings (SSSR count). The average Bonchev–Trinajstić information content (AvgIpc) is 2.82. The summed E-state index contributed by atoms with van der Waals surface area (Å²) in [7, 11) is 1.13. The van der Waals surface area contributed by atoms with Gasteiger partial charge in [-0.1, -0.05) is 19.1 Å². The number of anilines is 1. The Bertz CT molecular complexity index is 1280. The summed E-state index contributed by atoms with van der Waals surface area (Å²) in [4.78, 5) is 27.4. The number of primary amides is 1. The molecule has 1 aliphatic heterocycles. The molecule has 8 nitrogen and oxygen atoms in total. The Hall–Kier alpha value is -4.33. The first-order valence-electron chi connectivity index (χ1n) is 10.4. The summed E-state index contributed by atoms with van der Waals surface area (Å²) in [5, 5.41) is 18.0. The van der Waals surface area contributed by atoms with Gasteiger partial charge in [0.2, 0.25) is 5.96 Å². The summed E-state index contributed by atoms with van der Waals surface area (Å²) in [6.45, 7) is 3.26. The maximum atomic E-state index is 13.4. The van der Waals surface area contributed by atoms with Crippen LogP contribution in [0.25, 0.3) is 0 Å². The molecule has 35 heavy (non-hydrogen) atoms. The molecule has 0 aromatic heterocycles. The normalized spacial score (nSPS) is 16.3. The molecule has 182 valence electrons. The van der Waals surface area contributed by atoms with Gasteiger partial charge >= 0.3 is 18.2 Å². The second-order valence-corrected chi connectivity index (χ2v) is 7.69. The van der Waals surface area contributed by atoms with Crippen molar-refractivity contribution in [1.29, 1.82) is 10.7 Å². The minimum absolute atomic E-state index is 0.0841. The van der Waals surface area contributed by atoms with Gasteiger partial charge in [-0.3, -0.25) is 15.2 Å². The number of allylic oxidation sites excluding steroid dienone is 1. The van der Waals surface area contributed by atoms with E-state index in [1.165, 1.54) is 19.1 Å². The highest BCUT2D eigenvalue weighted by Gasteiger charge is 2.44. The fourth-order valence-electron chi connectivity index (χ4n) is 4.12. The van der Waals surface area contributed by atoms with Crippen LogP contribution in [-0.4, -0.2) is 30.0 Å². The number of hydrogen-bond donors (Lipinski definition) is 2. The topological polar surface area (TPSA) is 124 Å². The van der Waals surface area contributed by atoms with Crippen molar-refractivity contribution >= 4 is 23.6 Å². The van der Waals surface area contributed by atoms with Gasteiger partial charge in [0.15, 0.2) is 0 Å². The van der Waals surface area contributed by atoms with E-state index in [9.17, 15) is 28.0 Å². The average molecular weight is 485 g/mol. The van der Waals surface area contributed by atoms with Crippen molar-refractivity contribution in [2.75, 3.05) is 12.0 Å². The number of amides is 2. The minimum Gasteiger partial charge on any atom is -0.466 e. The van der Waals surface area contributed by atoms with Gasteiger partial charge in [-0.05, 0) is 54.8 Å². The van der Waals surface area contributed by atoms with Crippen LogP contribution in [0.5, 0.6) is 0 Å². The molecule has 11 heteroatoms. The molecule has 2 aromatic rings.